The Morgan fingerprint density at radius 3 is 2.50 bits per heavy atom. The molecular weight excluding hydrogens is 254 g/mol. The van der Waals surface area contributed by atoms with Gasteiger partial charge < -0.3 is 15.2 Å². The van der Waals surface area contributed by atoms with Gasteiger partial charge >= 0.3 is 0 Å². The van der Waals surface area contributed by atoms with Gasteiger partial charge in [-0.05, 0) is 31.5 Å². The number of benzene rings is 1. The fourth-order valence-electron chi connectivity index (χ4n) is 1.58. The summed E-state index contributed by atoms with van der Waals surface area (Å²) in [7, 11) is -1.00. The van der Waals surface area contributed by atoms with Crippen LogP contribution in [0.2, 0.25) is 0 Å². The van der Waals surface area contributed by atoms with Crippen molar-refractivity contribution in [1.82, 2.24) is 0 Å². The minimum atomic E-state index is -2.55. The zero-order valence-electron chi connectivity index (χ0n) is 10.8. The molecule has 102 valence electrons. The lowest BCUT2D eigenvalue weighted by Crippen LogP contribution is -2.24. The molecule has 0 aliphatic heterocycles. The molecule has 0 bridgehead atoms. The number of hydrogen-bond donors (Lipinski definition) is 2. The Hall–Kier alpha value is -1.27. The maximum atomic E-state index is 10.9. The van der Waals surface area contributed by atoms with Gasteiger partial charge in [-0.2, -0.15) is 0 Å². The van der Waals surface area contributed by atoms with Gasteiger partial charge in [-0.3, -0.25) is 0 Å². The van der Waals surface area contributed by atoms with Crippen LogP contribution in [0.3, 0.4) is 0 Å². The topological polar surface area (TPSA) is 78.6 Å². The van der Waals surface area contributed by atoms with E-state index in [-0.39, 0.29) is 0 Å². The Morgan fingerprint density at radius 1 is 1.33 bits per heavy atom. The Labute approximate surface area is 109 Å². The van der Waals surface area contributed by atoms with Crippen molar-refractivity contribution in [1.29, 1.82) is 0 Å². The van der Waals surface area contributed by atoms with E-state index in [0.29, 0.717) is 23.7 Å². The molecule has 0 heterocycles. The molecule has 18 heavy (non-hydrogen) atoms. The van der Waals surface area contributed by atoms with E-state index in [0.717, 1.165) is 0 Å². The Balaban J connectivity index is 3.07. The fourth-order valence-corrected chi connectivity index (χ4v) is 2.01. The van der Waals surface area contributed by atoms with Crippen LogP contribution in [0, 0.1) is 0 Å². The van der Waals surface area contributed by atoms with Gasteiger partial charge in [0, 0.05) is 6.04 Å². The molecule has 0 aromatic heterocycles. The standard InChI is InChI=1S/C12H19NO4S/c1-4-17-11-7-9(5-6-10(11)16-3)12(13)8(2)18(14)15/h5-8,12,18H,4,13H2,1-3H3/t8?,12-/m1/s1. The maximum absolute atomic E-state index is 10.9. The highest BCUT2D eigenvalue weighted by molar-refractivity contribution is 7.73. The van der Waals surface area contributed by atoms with E-state index in [4.69, 9.17) is 15.2 Å². The first-order chi connectivity index (χ1) is 8.51. The van der Waals surface area contributed by atoms with Crippen molar-refractivity contribution in [2.75, 3.05) is 13.7 Å². The lowest BCUT2D eigenvalue weighted by Gasteiger charge is -2.17. The number of ether oxygens (including phenoxy) is 2. The molecule has 0 amide bonds. The van der Waals surface area contributed by atoms with E-state index in [9.17, 15) is 8.42 Å². The molecule has 1 rings (SSSR count). The van der Waals surface area contributed by atoms with Crippen LogP contribution in [0.25, 0.3) is 0 Å². The summed E-state index contributed by atoms with van der Waals surface area (Å²) < 4.78 is 32.5. The van der Waals surface area contributed by atoms with Crippen LogP contribution in [0.4, 0.5) is 0 Å². The first-order valence-electron chi connectivity index (χ1n) is 5.71. The van der Waals surface area contributed by atoms with Gasteiger partial charge in [-0.15, -0.1) is 0 Å². The number of methoxy groups -OCH3 is 1. The van der Waals surface area contributed by atoms with Gasteiger partial charge in [0.25, 0.3) is 0 Å². The van der Waals surface area contributed by atoms with Crippen LogP contribution in [0.1, 0.15) is 25.5 Å². The third kappa shape index (κ3) is 3.36. The zero-order chi connectivity index (χ0) is 13.7. The average Bonchev–Trinajstić information content (AvgIpc) is 2.37. The molecule has 0 aliphatic carbocycles. The van der Waals surface area contributed by atoms with E-state index in [2.05, 4.69) is 0 Å². The number of rotatable bonds is 6. The molecule has 1 aromatic carbocycles. The van der Waals surface area contributed by atoms with Gasteiger partial charge in [0.2, 0.25) is 0 Å². The molecule has 0 radical (unpaired) electrons. The van der Waals surface area contributed by atoms with Crippen molar-refractivity contribution in [2.24, 2.45) is 5.73 Å². The van der Waals surface area contributed by atoms with Crippen LogP contribution in [-0.2, 0) is 10.7 Å². The molecule has 2 atom stereocenters. The molecule has 0 saturated heterocycles. The van der Waals surface area contributed by atoms with Crippen molar-refractivity contribution < 1.29 is 17.9 Å². The normalized spacial score (nSPS) is 14.3. The molecule has 0 fully saturated rings. The van der Waals surface area contributed by atoms with Gasteiger partial charge in [0.05, 0.1) is 19.0 Å². The van der Waals surface area contributed by atoms with Gasteiger partial charge in [0.1, 0.15) is 10.7 Å². The molecule has 1 unspecified atom stereocenters. The van der Waals surface area contributed by atoms with E-state index in [1.807, 2.05) is 6.92 Å². The number of nitrogens with two attached hydrogens (primary N) is 1. The molecule has 1 aromatic rings. The first-order valence-corrected chi connectivity index (χ1v) is 6.95. The fraction of sp³-hybridized carbons (Fsp3) is 0.500. The molecule has 0 spiro atoms. The quantitative estimate of drug-likeness (QED) is 0.759. The van der Waals surface area contributed by atoms with Crippen molar-refractivity contribution >= 4 is 10.7 Å². The second kappa shape index (κ2) is 6.61. The monoisotopic (exact) mass is 273 g/mol. The summed E-state index contributed by atoms with van der Waals surface area (Å²) in [4.78, 5) is 0. The van der Waals surface area contributed by atoms with Crippen LogP contribution in [0.5, 0.6) is 11.5 Å². The Bertz CT molecular complexity index is 465. The largest absolute Gasteiger partial charge is 0.493 e. The molecule has 0 aliphatic rings. The highest BCUT2D eigenvalue weighted by Crippen LogP contribution is 2.30. The van der Waals surface area contributed by atoms with E-state index in [1.54, 1.807) is 32.2 Å². The Morgan fingerprint density at radius 2 is 2.00 bits per heavy atom. The minimum Gasteiger partial charge on any atom is -0.493 e. The predicted octanol–water partition coefficient (Wildman–Crippen LogP) is 1.09. The van der Waals surface area contributed by atoms with Gasteiger partial charge in [0.15, 0.2) is 11.5 Å². The molecule has 2 N–H and O–H groups in total. The summed E-state index contributed by atoms with van der Waals surface area (Å²) in [5.74, 6) is 1.17. The van der Waals surface area contributed by atoms with Crippen LogP contribution in [-0.4, -0.2) is 27.4 Å². The second-order valence-electron chi connectivity index (χ2n) is 3.90. The lowest BCUT2D eigenvalue weighted by molar-refractivity contribution is 0.310. The molecule has 0 saturated carbocycles. The summed E-state index contributed by atoms with van der Waals surface area (Å²) in [5, 5.41) is -0.622. The summed E-state index contributed by atoms with van der Waals surface area (Å²) in [5.41, 5.74) is 6.63. The third-order valence-corrected chi connectivity index (χ3v) is 3.71. The van der Waals surface area contributed by atoms with Crippen molar-refractivity contribution in [2.45, 2.75) is 25.1 Å². The van der Waals surface area contributed by atoms with Crippen molar-refractivity contribution in [3.63, 3.8) is 0 Å². The third-order valence-electron chi connectivity index (χ3n) is 2.72. The highest BCUT2D eigenvalue weighted by atomic mass is 32.2. The smallest absolute Gasteiger partial charge is 0.161 e. The van der Waals surface area contributed by atoms with Crippen LogP contribution < -0.4 is 15.2 Å². The number of hydrogen-bond acceptors (Lipinski definition) is 5. The summed E-state index contributed by atoms with van der Waals surface area (Å²) in [6, 6.07) is 4.63. The van der Waals surface area contributed by atoms with Gasteiger partial charge in [-0.1, -0.05) is 6.07 Å². The van der Waals surface area contributed by atoms with E-state index < -0.39 is 22.0 Å². The highest BCUT2D eigenvalue weighted by Gasteiger charge is 2.19. The van der Waals surface area contributed by atoms with Crippen molar-refractivity contribution in [3.8, 4) is 11.5 Å². The molecular formula is C12H19NO4S. The average molecular weight is 273 g/mol. The van der Waals surface area contributed by atoms with Gasteiger partial charge in [-0.25, -0.2) is 8.42 Å². The first kappa shape index (κ1) is 14.8. The van der Waals surface area contributed by atoms with E-state index >= 15 is 0 Å². The predicted molar refractivity (Wildman–Crippen MR) is 70.9 cm³/mol. The minimum absolute atomic E-state index is 0.500. The van der Waals surface area contributed by atoms with Crippen molar-refractivity contribution in [3.05, 3.63) is 23.8 Å². The maximum Gasteiger partial charge on any atom is 0.161 e. The summed E-state index contributed by atoms with van der Waals surface area (Å²) >= 11 is 0. The van der Waals surface area contributed by atoms with Crippen LogP contribution >= 0.6 is 0 Å². The van der Waals surface area contributed by atoms with Crippen LogP contribution in [0.15, 0.2) is 18.2 Å². The SMILES string of the molecule is CCOc1cc([C@H](N)C(C)[SH](=O)=O)ccc1OC. The second-order valence-corrected chi connectivity index (χ2v) is 5.28. The number of thiol groups is 1. The summed E-state index contributed by atoms with van der Waals surface area (Å²) in [6.07, 6.45) is 0. The summed E-state index contributed by atoms with van der Waals surface area (Å²) in [6.45, 7) is 3.95. The molecule has 6 heteroatoms. The van der Waals surface area contributed by atoms with E-state index in [1.165, 1.54) is 0 Å². The lowest BCUT2D eigenvalue weighted by atomic mass is 10.0. The molecule has 5 nitrogen and oxygen atoms in total. The zero-order valence-corrected chi connectivity index (χ0v) is 11.6. The Kier molecular flexibility index (Phi) is 5.43.